The zero-order valence-electron chi connectivity index (χ0n) is 12.8. The highest BCUT2D eigenvalue weighted by Gasteiger charge is 2.26. The molecule has 3 heterocycles. The summed E-state index contributed by atoms with van der Waals surface area (Å²) in [6.07, 6.45) is 5.38. The first-order valence-corrected chi connectivity index (χ1v) is 8.21. The van der Waals surface area contributed by atoms with Crippen LogP contribution in [0.25, 0.3) is 10.8 Å². The van der Waals surface area contributed by atoms with E-state index in [-0.39, 0.29) is 5.91 Å². The number of thiazole rings is 1. The van der Waals surface area contributed by atoms with Crippen LogP contribution in [0.4, 0.5) is 0 Å². The van der Waals surface area contributed by atoms with Crippen LogP contribution in [0.1, 0.15) is 23.3 Å². The molecule has 1 saturated heterocycles. The Balaban J connectivity index is 1.68. The average Bonchev–Trinajstić information content (AvgIpc) is 3.05. The van der Waals surface area contributed by atoms with Gasteiger partial charge in [0.2, 0.25) is 0 Å². The summed E-state index contributed by atoms with van der Waals surface area (Å²) in [5, 5.41) is 2.48. The fourth-order valence-electron chi connectivity index (χ4n) is 2.63. The van der Waals surface area contributed by atoms with Crippen LogP contribution in [0.2, 0.25) is 0 Å². The Hall–Kier alpha value is -1.86. The van der Waals surface area contributed by atoms with Gasteiger partial charge in [0.25, 0.3) is 5.91 Å². The number of piperidine rings is 1. The third kappa shape index (κ3) is 3.15. The molecule has 22 heavy (non-hydrogen) atoms. The fourth-order valence-corrected chi connectivity index (χ4v) is 3.37. The summed E-state index contributed by atoms with van der Waals surface area (Å²) in [5.74, 6) is 0.577. The summed E-state index contributed by atoms with van der Waals surface area (Å²) < 4.78 is 0. The van der Waals surface area contributed by atoms with Gasteiger partial charge >= 0.3 is 0 Å². The van der Waals surface area contributed by atoms with Crippen LogP contribution in [-0.4, -0.2) is 63.9 Å². The van der Waals surface area contributed by atoms with E-state index < -0.39 is 0 Å². The summed E-state index contributed by atoms with van der Waals surface area (Å²) in [6, 6.07) is 2.32. The van der Waals surface area contributed by atoms with Gasteiger partial charge < -0.3 is 9.80 Å². The molecule has 0 aliphatic carbocycles. The predicted molar refractivity (Wildman–Crippen MR) is 85.8 cm³/mol. The van der Waals surface area contributed by atoms with Crippen molar-refractivity contribution in [3.8, 4) is 10.8 Å². The van der Waals surface area contributed by atoms with E-state index in [1.165, 1.54) is 11.3 Å². The zero-order valence-corrected chi connectivity index (χ0v) is 13.6. The molecule has 1 amide bonds. The quantitative estimate of drug-likeness (QED) is 0.863. The first-order chi connectivity index (χ1) is 10.6. The van der Waals surface area contributed by atoms with Gasteiger partial charge in [-0.3, -0.25) is 4.79 Å². The van der Waals surface area contributed by atoms with Crippen LogP contribution in [0.15, 0.2) is 23.8 Å². The van der Waals surface area contributed by atoms with Crippen molar-refractivity contribution in [2.45, 2.75) is 18.9 Å². The molecule has 6 nitrogen and oxygen atoms in total. The summed E-state index contributed by atoms with van der Waals surface area (Å²) in [6.45, 7) is 1.58. The highest BCUT2D eigenvalue weighted by molar-refractivity contribution is 7.13. The van der Waals surface area contributed by atoms with Crippen molar-refractivity contribution < 1.29 is 4.79 Å². The topological polar surface area (TPSA) is 62.2 Å². The Bertz CT molecular complexity index is 634. The maximum Gasteiger partial charge on any atom is 0.273 e. The monoisotopic (exact) mass is 317 g/mol. The summed E-state index contributed by atoms with van der Waals surface area (Å²) in [7, 11) is 4.18. The largest absolute Gasteiger partial charge is 0.337 e. The van der Waals surface area contributed by atoms with Crippen LogP contribution >= 0.6 is 11.3 Å². The Labute approximate surface area is 133 Å². The van der Waals surface area contributed by atoms with E-state index in [0.717, 1.165) is 25.9 Å². The maximum atomic E-state index is 12.5. The second-order valence-electron chi connectivity index (χ2n) is 5.60. The van der Waals surface area contributed by atoms with Gasteiger partial charge in [-0.05, 0) is 33.0 Å². The van der Waals surface area contributed by atoms with E-state index in [0.29, 0.717) is 22.6 Å². The molecule has 2 aromatic rings. The number of nitrogens with zero attached hydrogens (tertiary/aromatic N) is 5. The van der Waals surface area contributed by atoms with Crippen molar-refractivity contribution in [3.05, 3.63) is 29.5 Å². The summed E-state index contributed by atoms with van der Waals surface area (Å²) >= 11 is 1.41. The van der Waals surface area contributed by atoms with Gasteiger partial charge in [0.1, 0.15) is 5.69 Å². The Morgan fingerprint density at radius 1 is 1.27 bits per heavy atom. The number of likely N-dealkylation sites (tertiary alicyclic amines) is 1. The number of rotatable bonds is 3. The molecule has 1 aliphatic rings. The number of carbonyl (C=O) groups is 1. The number of amides is 1. The normalized spacial score (nSPS) is 16.2. The molecule has 0 N–H and O–H groups in total. The molecule has 0 aromatic carbocycles. The first-order valence-electron chi connectivity index (χ1n) is 7.34. The van der Waals surface area contributed by atoms with Gasteiger partial charge in [-0.15, -0.1) is 11.3 Å². The lowest BCUT2D eigenvalue weighted by Crippen LogP contribution is -2.44. The minimum absolute atomic E-state index is 0.00985. The van der Waals surface area contributed by atoms with Crippen LogP contribution in [0.5, 0.6) is 0 Å². The van der Waals surface area contributed by atoms with Crippen molar-refractivity contribution in [1.82, 2.24) is 24.8 Å². The first kappa shape index (κ1) is 15.1. The van der Waals surface area contributed by atoms with Crippen LogP contribution in [0.3, 0.4) is 0 Å². The summed E-state index contributed by atoms with van der Waals surface area (Å²) in [4.78, 5) is 29.4. The predicted octanol–water partition coefficient (Wildman–Crippen LogP) is 1.77. The summed E-state index contributed by atoms with van der Waals surface area (Å²) in [5.41, 5.74) is 0.496. The third-order valence-corrected chi connectivity index (χ3v) is 4.80. The molecule has 1 aliphatic heterocycles. The van der Waals surface area contributed by atoms with E-state index in [2.05, 4.69) is 33.9 Å². The highest BCUT2D eigenvalue weighted by atomic mass is 32.1. The van der Waals surface area contributed by atoms with Crippen molar-refractivity contribution in [2.75, 3.05) is 27.2 Å². The van der Waals surface area contributed by atoms with Gasteiger partial charge in [0.05, 0.1) is 0 Å². The SMILES string of the molecule is CN(C)C1CCN(C(=O)c2csc(-c3ncccn3)n2)CC1. The van der Waals surface area contributed by atoms with Crippen LogP contribution in [-0.2, 0) is 0 Å². The second kappa shape index (κ2) is 6.50. The van der Waals surface area contributed by atoms with Crippen LogP contribution in [0, 0.1) is 0 Å². The molecule has 3 rings (SSSR count). The van der Waals surface area contributed by atoms with Gasteiger partial charge in [0, 0.05) is 36.9 Å². The highest BCUT2D eigenvalue weighted by Crippen LogP contribution is 2.22. The van der Waals surface area contributed by atoms with Gasteiger partial charge in [-0.2, -0.15) is 0 Å². The van der Waals surface area contributed by atoms with Gasteiger partial charge in [-0.25, -0.2) is 15.0 Å². The maximum absolute atomic E-state index is 12.5. The molecule has 0 bridgehead atoms. The molecular formula is C15H19N5OS. The average molecular weight is 317 g/mol. The minimum Gasteiger partial charge on any atom is -0.337 e. The molecule has 116 valence electrons. The second-order valence-corrected chi connectivity index (χ2v) is 6.46. The molecule has 0 saturated carbocycles. The Morgan fingerprint density at radius 3 is 2.59 bits per heavy atom. The number of aromatic nitrogens is 3. The van der Waals surface area contributed by atoms with E-state index in [1.807, 2.05) is 4.90 Å². The van der Waals surface area contributed by atoms with Gasteiger partial charge in [0.15, 0.2) is 10.8 Å². The molecule has 0 unspecified atom stereocenters. The lowest BCUT2D eigenvalue weighted by atomic mass is 10.0. The van der Waals surface area contributed by atoms with E-state index in [1.54, 1.807) is 23.8 Å². The lowest BCUT2D eigenvalue weighted by molar-refractivity contribution is 0.0658. The van der Waals surface area contributed by atoms with Crippen molar-refractivity contribution in [3.63, 3.8) is 0 Å². The lowest BCUT2D eigenvalue weighted by Gasteiger charge is -2.34. The van der Waals surface area contributed by atoms with Crippen molar-refractivity contribution in [1.29, 1.82) is 0 Å². The molecule has 1 fully saturated rings. The molecule has 2 aromatic heterocycles. The third-order valence-electron chi connectivity index (χ3n) is 3.96. The molecule has 0 atom stereocenters. The number of carbonyl (C=O) groups excluding carboxylic acids is 1. The molecule has 0 spiro atoms. The molecular weight excluding hydrogens is 298 g/mol. The van der Waals surface area contributed by atoms with Crippen molar-refractivity contribution in [2.24, 2.45) is 0 Å². The van der Waals surface area contributed by atoms with E-state index >= 15 is 0 Å². The van der Waals surface area contributed by atoms with Crippen LogP contribution < -0.4 is 0 Å². The smallest absolute Gasteiger partial charge is 0.273 e. The van der Waals surface area contributed by atoms with E-state index in [4.69, 9.17) is 0 Å². The van der Waals surface area contributed by atoms with Gasteiger partial charge in [-0.1, -0.05) is 0 Å². The number of hydrogen-bond acceptors (Lipinski definition) is 6. The molecule has 0 radical (unpaired) electrons. The zero-order chi connectivity index (χ0) is 15.5. The molecule has 7 heteroatoms. The standard InChI is InChI=1S/C15H19N5OS/c1-19(2)11-4-8-20(9-5-11)15(21)12-10-22-14(18-12)13-16-6-3-7-17-13/h3,6-7,10-11H,4-5,8-9H2,1-2H3. The number of hydrogen-bond donors (Lipinski definition) is 0. The Morgan fingerprint density at radius 2 is 1.95 bits per heavy atom. The Kier molecular flexibility index (Phi) is 4.44. The fraction of sp³-hybridized carbons (Fsp3) is 0.467. The minimum atomic E-state index is 0.00985. The van der Waals surface area contributed by atoms with E-state index in [9.17, 15) is 4.79 Å². The van der Waals surface area contributed by atoms with Crippen molar-refractivity contribution >= 4 is 17.2 Å².